The molecule has 0 amide bonds. The third kappa shape index (κ3) is 4.44. The van der Waals surface area contributed by atoms with Gasteiger partial charge in [-0.15, -0.1) is 11.3 Å². The molecule has 0 atom stereocenters. The molecule has 5 aromatic heterocycles. The second-order valence-corrected chi connectivity index (χ2v) is 15.8. The lowest BCUT2D eigenvalue weighted by Gasteiger charge is -2.14. The van der Waals surface area contributed by atoms with E-state index in [1.54, 1.807) is 11.3 Å². The zero-order chi connectivity index (χ0) is 37.9. The second kappa shape index (κ2) is 11.9. The Kier molecular flexibility index (Phi) is 6.50. The number of para-hydroxylation sites is 5. The van der Waals surface area contributed by atoms with Gasteiger partial charge in [-0.25, -0.2) is 4.98 Å². The quantitative estimate of drug-likeness (QED) is 0.179. The van der Waals surface area contributed by atoms with Crippen LogP contribution in [0.3, 0.4) is 0 Å². The number of benzene rings is 8. The molecule has 58 heavy (non-hydrogen) atoms. The van der Waals surface area contributed by atoms with Crippen LogP contribution in [0.15, 0.2) is 180 Å². The molecule has 0 saturated heterocycles. The van der Waals surface area contributed by atoms with Crippen molar-refractivity contribution in [2.24, 2.45) is 0 Å². The lowest BCUT2D eigenvalue weighted by atomic mass is 10.0. The smallest absolute Gasteiger partial charge is 0.238 e. The minimum atomic E-state index is 0.570. The number of thiophene rings is 1. The van der Waals surface area contributed by atoms with Crippen LogP contribution in [0.4, 0.5) is 0 Å². The molecule has 0 bridgehead atoms. The third-order valence-electron chi connectivity index (χ3n) is 11.6. The van der Waals surface area contributed by atoms with Crippen molar-refractivity contribution in [2.45, 2.75) is 0 Å². The van der Waals surface area contributed by atoms with Gasteiger partial charge in [0.1, 0.15) is 11.2 Å². The molecular weight excluding hydrogens is 731 g/mol. The molecule has 13 aromatic rings. The first-order valence-corrected chi connectivity index (χ1v) is 20.2. The number of hydrogen-bond donors (Lipinski definition) is 0. The number of aromatic nitrogens is 5. The Balaban J connectivity index is 1.19. The van der Waals surface area contributed by atoms with E-state index < -0.39 is 0 Å². The van der Waals surface area contributed by atoms with Gasteiger partial charge < -0.3 is 8.98 Å². The van der Waals surface area contributed by atoms with E-state index in [0.717, 1.165) is 81.7 Å². The maximum atomic E-state index is 6.47. The monoisotopic (exact) mass is 759 g/mol. The van der Waals surface area contributed by atoms with Gasteiger partial charge >= 0.3 is 0 Å². The summed E-state index contributed by atoms with van der Waals surface area (Å²) in [6.07, 6.45) is 0. The van der Waals surface area contributed by atoms with Crippen molar-refractivity contribution in [1.82, 2.24) is 24.1 Å². The average molecular weight is 760 g/mol. The molecule has 7 heteroatoms. The normalized spacial score (nSPS) is 12.1. The Labute approximate surface area is 334 Å². The van der Waals surface area contributed by atoms with E-state index in [1.165, 1.54) is 20.9 Å². The van der Waals surface area contributed by atoms with Crippen LogP contribution in [-0.4, -0.2) is 24.1 Å². The van der Waals surface area contributed by atoms with Crippen molar-refractivity contribution in [1.29, 1.82) is 0 Å². The average Bonchev–Trinajstić information content (AvgIpc) is 4.04. The van der Waals surface area contributed by atoms with Gasteiger partial charge in [0.15, 0.2) is 11.6 Å². The summed E-state index contributed by atoms with van der Waals surface area (Å²) in [5.74, 6) is 1.79. The molecule has 0 N–H and O–H groups in total. The summed E-state index contributed by atoms with van der Waals surface area (Å²) < 4.78 is 13.3. The number of hydrogen-bond acceptors (Lipinski definition) is 5. The fourth-order valence-corrected chi connectivity index (χ4v) is 10.3. The molecule has 8 aromatic carbocycles. The first-order chi connectivity index (χ1) is 28.8. The van der Waals surface area contributed by atoms with Crippen LogP contribution >= 0.6 is 11.3 Å². The fraction of sp³-hybridized carbons (Fsp3) is 0. The molecule has 0 unspecified atom stereocenters. The second-order valence-electron chi connectivity index (χ2n) is 14.8. The van der Waals surface area contributed by atoms with Crippen molar-refractivity contribution >= 4 is 97.1 Å². The molecule has 0 aliphatic rings. The first kappa shape index (κ1) is 31.6. The lowest BCUT2D eigenvalue weighted by molar-refractivity contribution is 0.669. The van der Waals surface area contributed by atoms with Crippen LogP contribution in [0.1, 0.15) is 0 Å². The van der Waals surface area contributed by atoms with Crippen molar-refractivity contribution in [3.63, 3.8) is 0 Å². The molecule has 0 fully saturated rings. The lowest BCUT2D eigenvalue weighted by Crippen LogP contribution is -2.06. The van der Waals surface area contributed by atoms with Crippen LogP contribution in [0.2, 0.25) is 0 Å². The zero-order valence-electron chi connectivity index (χ0n) is 30.8. The van der Waals surface area contributed by atoms with Crippen LogP contribution < -0.4 is 0 Å². The molecule has 5 heterocycles. The van der Waals surface area contributed by atoms with Crippen LogP contribution in [-0.2, 0) is 0 Å². The standard InChI is InChI=1S/C51H29N5OS/c1-2-14-30(15-3-1)49-52-50(54-51(53-49)56-41-23-11-6-18-34(41)35-19-7-12-24-42(35)56)38-29-31(55-39-21-9-4-16-32(39)33-17-5-10-22-40(33)55)28-37-47-45(58-48(37)38)27-26-44-46(47)36-20-8-13-25-43(36)57-44/h1-29H. The molecule has 0 spiro atoms. The zero-order valence-corrected chi connectivity index (χ0v) is 31.6. The Bertz CT molecular complexity index is 3710. The molecule has 0 saturated carbocycles. The van der Waals surface area contributed by atoms with Gasteiger partial charge in [-0.05, 0) is 54.6 Å². The predicted molar refractivity (Wildman–Crippen MR) is 240 cm³/mol. The van der Waals surface area contributed by atoms with Crippen molar-refractivity contribution in [3.8, 4) is 34.4 Å². The van der Waals surface area contributed by atoms with Gasteiger partial charge in [0.05, 0.1) is 22.1 Å². The van der Waals surface area contributed by atoms with Crippen molar-refractivity contribution in [2.75, 3.05) is 0 Å². The molecule has 6 nitrogen and oxygen atoms in total. The summed E-state index contributed by atoms with van der Waals surface area (Å²) in [5.41, 5.74) is 9.01. The summed E-state index contributed by atoms with van der Waals surface area (Å²) in [7, 11) is 0. The van der Waals surface area contributed by atoms with E-state index in [4.69, 9.17) is 19.4 Å². The van der Waals surface area contributed by atoms with Crippen LogP contribution in [0.5, 0.6) is 0 Å². The Morgan fingerprint density at radius 2 is 0.966 bits per heavy atom. The van der Waals surface area contributed by atoms with Crippen molar-refractivity contribution in [3.05, 3.63) is 176 Å². The molecule has 0 aliphatic heterocycles. The predicted octanol–water partition coefficient (Wildman–Crippen LogP) is 13.7. The van der Waals surface area contributed by atoms with Gasteiger partial charge in [0.2, 0.25) is 5.95 Å². The maximum Gasteiger partial charge on any atom is 0.238 e. The van der Waals surface area contributed by atoms with E-state index in [-0.39, 0.29) is 0 Å². The maximum absolute atomic E-state index is 6.47. The third-order valence-corrected chi connectivity index (χ3v) is 12.8. The highest BCUT2D eigenvalue weighted by Crippen LogP contribution is 2.47. The highest BCUT2D eigenvalue weighted by molar-refractivity contribution is 7.26. The minimum absolute atomic E-state index is 0.570. The van der Waals surface area contributed by atoms with Gasteiger partial charge in [-0.3, -0.25) is 4.57 Å². The number of nitrogens with zero attached hydrogens (tertiary/aromatic N) is 5. The number of fused-ring (bicyclic) bond motifs is 13. The highest BCUT2D eigenvalue weighted by Gasteiger charge is 2.24. The van der Waals surface area contributed by atoms with E-state index in [9.17, 15) is 0 Å². The SMILES string of the molecule is c1ccc(-c2nc(-c3cc(-n4c5ccccc5c5ccccc54)cc4c3sc3ccc5oc6ccccc6c5c34)nc(-n3c4ccccc4c4ccccc43)n2)cc1. The van der Waals surface area contributed by atoms with E-state index in [0.29, 0.717) is 17.6 Å². The van der Waals surface area contributed by atoms with Gasteiger partial charge in [-0.1, -0.05) is 121 Å². The topological polar surface area (TPSA) is 61.7 Å². The molecular formula is C51H29N5OS. The van der Waals surface area contributed by atoms with Gasteiger partial charge in [0.25, 0.3) is 0 Å². The highest BCUT2D eigenvalue weighted by atomic mass is 32.1. The van der Waals surface area contributed by atoms with Gasteiger partial charge in [0, 0.05) is 69.3 Å². The fourth-order valence-electron chi connectivity index (χ4n) is 9.10. The Hall–Kier alpha value is -7.61. The molecule has 13 rings (SSSR count). The molecule has 270 valence electrons. The number of rotatable bonds is 4. The van der Waals surface area contributed by atoms with Crippen molar-refractivity contribution < 1.29 is 4.42 Å². The number of furan rings is 1. The minimum Gasteiger partial charge on any atom is -0.456 e. The summed E-state index contributed by atoms with van der Waals surface area (Å²) in [4.78, 5) is 16.1. The summed E-state index contributed by atoms with van der Waals surface area (Å²) >= 11 is 1.78. The van der Waals surface area contributed by atoms with Crippen LogP contribution in [0, 0.1) is 0 Å². The summed E-state index contributed by atoms with van der Waals surface area (Å²) in [5, 5.41) is 9.24. The van der Waals surface area contributed by atoms with E-state index in [1.807, 2.05) is 24.3 Å². The molecule has 0 radical (unpaired) electrons. The summed E-state index contributed by atoms with van der Waals surface area (Å²) in [6, 6.07) is 61.8. The summed E-state index contributed by atoms with van der Waals surface area (Å²) in [6.45, 7) is 0. The molecule has 0 aliphatic carbocycles. The van der Waals surface area contributed by atoms with Gasteiger partial charge in [-0.2, -0.15) is 9.97 Å². The van der Waals surface area contributed by atoms with E-state index in [2.05, 4.69) is 161 Å². The first-order valence-electron chi connectivity index (χ1n) is 19.4. The van der Waals surface area contributed by atoms with Crippen LogP contribution in [0.25, 0.3) is 120 Å². The largest absolute Gasteiger partial charge is 0.456 e. The Morgan fingerprint density at radius 1 is 0.414 bits per heavy atom. The Morgan fingerprint density at radius 3 is 1.62 bits per heavy atom. The van der Waals surface area contributed by atoms with E-state index >= 15 is 0 Å².